The van der Waals surface area contributed by atoms with E-state index in [4.69, 9.17) is 4.74 Å². The second-order valence-electron chi connectivity index (χ2n) is 11.5. The van der Waals surface area contributed by atoms with E-state index in [0.717, 1.165) is 63.0 Å². The summed E-state index contributed by atoms with van der Waals surface area (Å²) in [6.07, 6.45) is 4.38. The number of carbonyl (C=O) groups excluding carboxylic acids is 3. The number of rotatable bonds is 7. The van der Waals surface area contributed by atoms with Crippen LogP contribution < -0.4 is 19.9 Å². The van der Waals surface area contributed by atoms with Gasteiger partial charge in [-0.1, -0.05) is 18.2 Å². The number of piperidine rings is 2. The maximum atomic E-state index is 13.3. The number of nitrogens with one attached hydrogen (secondary N) is 1. The van der Waals surface area contributed by atoms with Crippen LogP contribution in [0.25, 0.3) is 0 Å². The third-order valence-corrected chi connectivity index (χ3v) is 9.12. The summed E-state index contributed by atoms with van der Waals surface area (Å²) in [5, 5.41) is 2.37. The van der Waals surface area contributed by atoms with Crippen molar-refractivity contribution >= 4 is 29.1 Å². The van der Waals surface area contributed by atoms with Gasteiger partial charge < -0.3 is 19.4 Å². The number of imide groups is 1. The molecule has 3 amide bonds. The second-order valence-corrected chi connectivity index (χ2v) is 11.5. The van der Waals surface area contributed by atoms with Crippen molar-refractivity contribution in [3.05, 3.63) is 53.6 Å². The van der Waals surface area contributed by atoms with E-state index in [9.17, 15) is 14.4 Å². The monoisotopic (exact) mass is 545 g/mol. The van der Waals surface area contributed by atoms with Crippen molar-refractivity contribution in [3.8, 4) is 5.75 Å². The minimum absolute atomic E-state index is 0.202. The van der Waals surface area contributed by atoms with Crippen molar-refractivity contribution in [2.45, 2.75) is 44.7 Å². The summed E-state index contributed by atoms with van der Waals surface area (Å²) in [6.45, 7) is 7.68. The van der Waals surface area contributed by atoms with Gasteiger partial charge in [-0.15, -0.1) is 0 Å². The number of para-hydroxylation sites is 1. The summed E-state index contributed by atoms with van der Waals surface area (Å²) in [4.78, 5) is 46.4. The van der Waals surface area contributed by atoms with Crippen molar-refractivity contribution < 1.29 is 19.1 Å². The van der Waals surface area contributed by atoms with Gasteiger partial charge >= 0.3 is 0 Å². The van der Waals surface area contributed by atoms with Gasteiger partial charge in [0.2, 0.25) is 11.8 Å². The van der Waals surface area contributed by atoms with Crippen LogP contribution in [0.3, 0.4) is 0 Å². The number of fused-ring (bicyclic) bond motifs is 1. The average Bonchev–Trinajstić information content (AvgIpc) is 3.32. The third kappa shape index (κ3) is 5.39. The molecule has 1 atom stereocenters. The first-order chi connectivity index (χ1) is 19.5. The van der Waals surface area contributed by atoms with Crippen LogP contribution in [0.1, 0.15) is 48.0 Å². The number of amides is 3. The molecule has 4 heterocycles. The number of hydrogen-bond acceptors (Lipinski definition) is 7. The predicted octanol–water partition coefficient (Wildman–Crippen LogP) is 2.88. The van der Waals surface area contributed by atoms with Gasteiger partial charge in [0.05, 0.1) is 12.7 Å². The zero-order valence-corrected chi connectivity index (χ0v) is 23.3. The van der Waals surface area contributed by atoms with E-state index < -0.39 is 11.9 Å². The van der Waals surface area contributed by atoms with E-state index in [0.29, 0.717) is 24.3 Å². The molecule has 0 aliphatic carbocycles. The third-order valence-electron chi connectivity index (χ3n) is 9.12. The van der Waals surface area contributed by atoms with Crippen molar-refractivity contribution in [2.24, 2.45) is 5.92 Å². The van der Waals surface area contributed by atoms with Gasteiger partial charge in [-0.05, 0) is 61.9 Å². The maximum absolute atomic E-state index is 13.3. The summed E-state index contributed by atoms with van der Waals surface area (Å²) >= 11 is 0. The Hall–Kier alpha value is -3.59. The Bertz CT molecular complexity index is 1250. The number of nitrogens with zero attached hydrogens (tertiary/aromatic N) is 4. The first kappa shape index (κ1) is 26.6. The van der Waals surface area contributed by atoms with E-state index in [1.54, 1.807) is 12.0 Å². The molecular weight excluding hydrogens is 506 g/mol. The lowest BCUT2D eigenvalue weighted by molar-refractivity contribution is -0.136. The molecule has 9 nitrogen and oxygen atoms in total. The summed E-state index contributed by atoms with van der Waals surface area (Å²) < 4.78 is 5.66. The second kappa shape index (κ2) is 11.5. The summed E-state index contributed by atoms with van der Waals surface area (Å²) in [5.41, 5.74) is 3.82. The number of methoxy groups -OCH3 is 1. The lowest BCUT2D eigenvalue weighted by Crippen LogP contribution is -2.52. The Morgan fingerprint density at radius 1 is 0.875 bits per heavy atom. The quantitative estimate of drug-likeness (QED) is 0.536. The zero-order valence-electron chi connectivity index (χ0n) is 23.3. The molecule has 1 unspecified atom stereocenters. The number of carbonyl (C=O) groups is 3. The molecule has 0 bridgehead atoms. The molecule has 3 saturated heterocycles. The highest BCUT2D eigenvalue weighted by molar-refractivity contribution is 6.06. The summed E-state index contributed by atoms with van der Waals surface area (Å²) in [6, 6.07) is 14.2. The van der Waals surface area contributed by atoms with Crippen LogP contribution in [0.5, 0.6) is 5.75 Å². The molecule has 6 rings (SSSR count). The Kier molecular flexibility index (Phi) is 7.65. The molecule has 0 spiro atoms. The van der Waals surface area contributed by atoms with Crippen molar-refractivity contribution in [1.82, 2.24) is 15.1 Å². The van der Waals surface area contributed by atoms with E-state index in [2.05, 4.69) is 56.4 Å². The minimum atomic E-state index is -0.625. The number of hydrogen-bond donors (Lipinski definition) is 1. The molecule has 2 aromatic rings. The van der Waals surface area contributed by atoms with E-state index in [1.165, 1.54) is 24.9 Å². The molecule has 40 heavy (non-hydrogen) atoms. The van der Waals surface area contributed by atoms with Gasteiger partial charge in [0.15, 0.2) is 0 Å². The highest BCUT2D eigenvalue weighted by Gasteiger charge is 2.41. The molecule has 212 valence electrons. The van der Waals surface area contributed by atoms with Gasteiger partial charge in [-0.2, -0.15) is 0 Å². The fourth-order valence-electron chi connectivity index (χ4n) is 6.71. The minimum Gasteiger partial charge on any atom is -0.496 e. The Morgan fingerprint density at radius 3 is 2.30 bits per heavy atom. The zero-order chi connectivity index (χ0) is 27.6. The molecule has 3 fully saturated rings. The molecule has 4 aliphatic rings. The highest BCUT2D eigenvalue weighted by atomic mass is 16.5. The summed E-state index contributed by atoms with van der Waals surface area (Å²) in [5.74, 6) is 0.472. The van der Waals surface area contributed by atoms with Crippen molar-refractivity contribution in [1.29, 1.82) is 0 Å². The van der Waals surface area contributed by atoms with Crippen molar-refractivity contribution in [2.75, 3.05) is 62.7 Å². The van der Waals surface area contributed by atoms with Gasteiger partial charge in [0.1, 0.15) is 11.8 Å². The van der Waals surface area contributed by atoms with Crippen LogP contribution in [0.15, 0.2) is 42.5 Å². The smallest absolute Gasteiger partial charge is 0.258 e. The molecule has 1 N–H and O–H groups in total. The van der Waals surface area contributed by atoms with Gasteiger partial charge in [-0.3, -0.25) is 24.6 Å². The van der Waals surface area contributed by atoms with Crippen LogP contribution in [0.2, 0.25) is 0 Å². The Labute approximate surface area is 236 Å². The number of benzene rings is 2. The number of piperazine rings is 1. The first-order valence-corrected chi connectivity index (χ1v) is 14.6. The Balaban J connectivity index is 1.02. The fraction of sp³-hybridized carbons (Fsp3) is 0.516. The predicted molar refractivity (Wildman–Crippen MR) is 154 cm³/mol. The molecule has 0 saturated carbocycles. The van der Waals surface area contributed by atoms with Gasteiger partial charge in [0, 0.05) is 69.7 Å². The normalized spacial score (nSPS) is 22.5. The topological polar surface area (TPSA) is 85.4 Å². The standard InChI is InChI=1S/C31H39N5O4/c1-40-27-20-25(19-23-21-36(31(39)29(23)27)26-7-8-28(37)32-30(26)38)35-17-15-33(16-18-35)12-9-22-10-13-34(14-11-22)24-5-3-2-4-6-24/h2-6,19-20,22,26H,7-18,21H2,1H3,(H,32,37,38). The van der Waals surface area contributed by atoms with E-state index in [-0.39, 0.29) is 18.2 Å². The fourth-order valence-corrected chi connectivity index (χ4v) is 6.71. The lowest BCUT2D eigenvalue weighted by Gasteiger charge is -2.38. The molecule has 2 aromatic carbocycles. The molecule has 4 aliphatic heterocycles. The molecular formula is C31H39N5O4. The SMILES string of the molecule is COc1cc(N2CCN(CCC3CCN(c4ccccc4)CC3)CC2)cc2c1C(=O)N(C1CCC(=O)NC1=O)C2. The largest absolute Gasteiger partial charge is 0.496 e. The number of ether oxygens (including phenoxy) is 1. The van der Waals surface area contributed by atoms with E-state index in [1.807, 2.05) is 6.07 Å². The maximum Gasteiger partial charge on any atom is 0.258 e. The summed E-state index contributed by atoms with van der Waals surface area (Å²) in [7, 11) is 1.59. The van der Waals surface area contributed by atoms with Gasteiger partial charge in [-0.25, -0.2) is 0 Å². The van der Waals surface area contributed by atoms with Crippen molar-refractivity contribution in [3.63, 3.8) is 0 Å². The van der Waals surface area contributed by atoms with E-state index >= 15 is 0 Å². The number of anilines is 2. The van der Waals surface area contributed by atoms with Crippen LogP contribution in [0, 0.1) is 5.92 Å². The van der Waals surface area contributed by atoms with Gasteiger partial charge in [0.25, 0.3) is 5.91 Å². The molecule has 9 heteroatoms. The van der Waals surface area contributed by atoms with Crippen LogP contribution in [-0.2, 0) is 16.1 Å². The van der Waals surface area contributed by atoms with Crippen LogP contribution >= 0.6 is 0 Å². The molecule has 0 aromatic heterocycles. The highest BCUT2D eigenvalue weighted by Crippen LogP contribution is 2.37. The molecule has 0 radical (unpaired) electrons. The first-order valence-electron chi connectivity index (χ1n) is 14.6. The Morgan fingerprint density at radius 2 is 1.60 bits per heavy atom. The lowest BCUT2D eigenvalue weighted by atomic mass is 9.93. The van der Waals surface area contributed by atoms with Crippen LogP contribution in [-0.4, -0.2) is 86.5 Å². The van der Waals surface area contributed by atoms with Crippen LogP contribution in [0.4, 0.5) is 11.4 Å². The average molecular weight is 546 g/mol.